The topological polar surface area (TPSA) is 89.3 Å². The van der Waals surface area contributed by atoms with Gasteiger partial charge in [0.2, 0.25) is 0 Å². The number of anilines is 2. The van der Waals surface area contributed by atoms with Crippen molar-refractivity contribution in [2.24, 2.45) is 0 Å². The second kappa shape index (κ2) is 5.50. The van der Waals surface area contributed by atoms with Gasteiger partial charge >= 0.3 is 0 Å². The lowest BCUT2D eigenvalue weighted by Gasteiger charge is -2.01. The minimum atomic E-state index is -2.97. The van der Waals surface area contributed by atoms with Gasteiger partial charge in [-0.15, -0.1) is 11.3 Å². The number of ketones is 1. The van der Waals surface area contributed by atoms with Crippen molar-refractivity contribution in [2.75, 3.05) is 29.6 Å². The summed E-state index contributed by atoms with van der Waals surface area (Å²) in [6.07, 6.45) is 1.59. The Bertz CT molecular complexity index is 506. The summed E-state index contributed by atoms with van der Waals surface area (Å²) < 4.78 is 21.9. The van der Waals surface area contributed by atoms with E-state index in [1.165, 1.54) is 17.6 Å². The lowest BCUT2D eigenvalue weighted by molar-refractivity contribution is 0.0993. The lowest BCUT2D eigenvalue weighted by Crippen LogP contribution is -2.13. The highest BCUT2D eigenvalue weighted by molar-refractivity contribution is 7.90. The van der Waals surface area contributed by atoms with Crippen LogP contribution in [0, 0.1) is 0 Å². The number of nitrogen functional groups attached to an aromatic ring is 1. The number of nitrogens with one attached hydrogen (secondary N) is 1. The quantitative estimate of drug-likeness (QED) is 0.766. The van der Waals surface area contributed by atoms with E-state index in [1.54, 1.807) is 13.0 Å². The van der Waals surface area contributed by atoms with Crippen molar-refractivity contribution in [2.45, 2.75) is 13.3 Å². The molecule has 96 valence electrons. The molecule has 1 heterocycles. The number of thiophene rings is 1. The van der Waals surface area contributed by atoms with Crippen molar-refractivity contribution in [3.63, 3.8) is 0 Å². The molecule has 0 saturated carbocycles. The first-order valence-electron chi connectivity index (χ1n) is 5.17. The molecular weight excluding hydrogens is 260 g/mol. The monoisotopic (exact) mass is 276 g/mol. The van der Waals surface area contributed by atoms with E-state index in [1.807, 2.05) is 0 Å². The maximum atomic E-state index is 11.5. The summed E-state index contributed by atoms with van der Waals surface area (Å²) in [5.41, 5.74) is 6.15. The number of hydrogen-bond acceptors (Lipinski definition) is 6. The van der Waals surface area contributed by atoms with E-state index in [0.717, 1.165) is 5.00 Å². The zero-order chi connectivity index (χ0) is 13.1. The van der Waals surface area contributed by atoms with Crippen LogP contribution in [0.1, 0.15) is 23.0 Å². The van der Waals surface area contributed by atoms with Crippen LogP contribution in [0.2, 0.25) is 0 Å². The van der Waals surface area contributed by atoms with Crippen LogP contribution in [0.15, 0.2) is 6.07 Å². The normalized spacial score (nSPS) is 11.4. The van der Waals surface area contributed by atoms with Crippen LogP contribution in [0.3, 0.4) is 0 Å². The summed E-state index contributed by atoms with van der Waals surface area (Å²) in [5, 5.41) is 3.67. The number of nitrogens with two attached hydrogens (primary N) is 1. The number of rotatable bonds is 6. The van der Waals surface area contributed by atoms with E-state index < -0.39 is 9.84 Å². The molecule has 1 rings (SSSR count). The maximum absolute atomic E-state index is 11.5. The van der Waals surface area contributed by atoms with Crippen LogP contribution >= 0.6 is 11.3 Å². The molecule has 1 aromatic heterocycles. The minimum absolute atomic E-state index is 0.00339. The summed E-state index contributed by atoms with van der Waals surface area (Å²) in [7, 11) is -2.97. The molecule has 17 heavy (non-hydrogen) atoms. The number of carbonyl (C=O) groups is 1. The summed E-state index contributed by atoms with van der Waals surface area (Å²) in [6.45, 7) is 2.09. The van der Waals surface area contributed by atoms with Crippen LogP contribution in [0.25, 0.3) is 0 Å². The lowest BCUT2D eigenvalue weighted by atomic mass is 10.2. The van der Waals surface area contributed by atoms with Gasteiger partial charge < -0.3 is 11.1 Å². The van der Waals surface area contributed by atoms with Crippen LogP contribution in [0.4, 0.5) is 10.7 Å². The van der Waals surface area contributed by atoms with E-state index in [0.29, 0.717) is 23.5 Å². The summed E-state index contributed by atoms with van der Waals surface area (Å²) in [6, 6.07) is 1.66. The fraction of sp³-hybridized carbons (Fsp3) is 0.500. The van der Waals surface area contributed by atoms with Gasteiger partial charge in [-0.05, 0) is 6.07 Å². The van der Waals surface area contributed by atoms with E-state index >= 15 is 0 Å². The maximum Gasteiger partial charge on any atom is 0.174 e. The van der Waals surface area contributed by atoms with E-state index in [-0.39, 0.29) is 11.5 Å². The average Bonchev–Trinajstić information content (AvgIpc) is 2.57. The van der Waals surface area contributed by atoms with Crippen LogP contribution < -0.4 is 11.1 Å². The molecule has 0 fully saturated rings. The van der Waals surface area contributed by atoms with Gasteiger partial charge in [0.25, 0.3) is 0 Å². The largest absolute Gasteiger partial charge is 0.397 e. The van der Waals surface area contributed by atoms with E-state index in [2.05, 4.69) is 5.32 Å². The van der Waals surface area contributed by atoms with Crippen molar-refractivity contribution in [1.29, 1.82) is 0 Å². The molecule has 0 bridgehead atoms. The Hall–Kier alpha value is -1.08. The summed E-state index contributed by atoms with van der Waals surface area (Å²) >= 11 is 1.26. The fourth-order valence-corrected chi connectivity index (χ4v) is 2.72. The Labute approximate surface area is 105 Å². The predicted molar refractivity (Wildman–Crippen MR) is 71.6 cm³/mol. The van der Waals surface area contributed by atoms with Crippen molar-refractivity contribution in [1.82, 2.24) is 0 Å². The third-order valence-corrected chi connectivity index (χ3v) is 4.20. The van der Waals surface area contributed by atoms with Gasteiger partial charge in [-0.25, -0.2) is 8.42 Å². The second-order valence-electron chi connectivity index (χ2n) is 3.73. The molecule has 0 aromatic carbocycles. The summed E-state index contributed by atoms with van der Waals surface area (Å²) in [5.74, 6) is 0.0608. The van der Waals surface area contributed by atoms with Gasteiger partial charge in [-0.1, -0.05) is 6.92 Å². The smallest absolute Gasteiger partial charge is 0.174 e. The van der Waals surface area contributed by atoms with E-state index in [4.69, 9.17) is 5.73 Å². The third kappa shape index (κ3) is 4.35. The Morgan fingerprint density at radius 2 is 2.18 bits per heavy atom. The Morgan fingerprint density at radius 3 is 2.71 bits per heavy atom. The first-order chi connectivity index (χ1) is 7.83. The SMILES string of the molecule is CCC(=O)c1sc(NCCS(C)(=O)=O)cc1N. The van der Waals surface area contributed by atoms with Gasteiger partial charge in [-0.2, -0.15) is 0 Å². The predicted octanol–water partition coefficient (Wildman–Crippen LogP) is 1.38. The van der Waals surface area contributed by atoms with Gasteiger partial charge in [0.05, 0.1) is 21.3 Å². The zero-order valence-electron chi connectivity index (χ0n) is 9.82. The molecule has 0 atom stereocenters. The van der Waals surface area contributed by atoms with Crippen molar-refractivity contribution < 1.29 is 13.2 Å². The first-order valence-corrected chi connectivity index (χ1v) is 8.05. The van der Waals surface area contributed by atoms with Gasteiger partial charge in [-0.3, -0.25) is 4.79 Å². The molecule has 3 N–H and O–H groups in total. The Morgan fingerprint density at radius 1 is 1.53 bits per heavy atom. The number of sulfone groups is 1. The van der Waals surface area contributed by atoms with E-state index in [9.17, 15) is 13.2 Å². The number of carbonyl (C=O) groups excluding carboxylic acids is 1. The molecule has 0 aliphatic carbocycles. The highest BCUT2D eigenvalue weighted by atomic mass is 32.2. The van der Waals surface area contributed by atoms with Crippen molar-refractivity contribution in [3.05, 3.63) is 10.9 Å². The fourth-order valence-electron chi connectivity index (χ4n) is 1.23. The van der Waals surface area contributed by atoms with Gasteiger partial charge in [0, 0.05) is 19.2 Å². The standard InChI is InChI=1S/C10H16N2O3S2/c1-3-8(13)10-7(11)6-9(16-10)12-4-5-17(2,14)15/h6,12H,3-5,11H2,1-2H3. The Balaban J connectivity index is 2.65. The molecule has 0 unspecified atom stereocenters. The third-order valence-electron chi connectivity index (χ3n) is 2.11. The van der Waals surface area contributed by atoms with Gasteiger partial charge in [0.1, 0.15) is 9.84 Å². The molecule has 7 heteroatoms. The zero-order valence-corrected chi connectivity index (χ0v) is 11.5. The second-order valence-corrected chi connectivity index (χ2v) is 7.04. The first kappa shape index (κ1) is 14.0. The van der Waals surface area contributed by atoms with Crippen molar-refractivity contribution >= 4 is 37.6 Å². The molecule has 0 saturated heterocycles. The molecular formula is C10H16N2O3S2. The molecule has 0 radical (unpaired) electrons. The molecule has 0 spiro atoms. The number of Topliss-reactive ketones (excluding diaryl/α,β-unsaturated/α-hetero) is 1. The molecule has 0 aliphatic heterocycles. The molecule has 1 aromatic rings. The summed E-state index contributed by atoms with van der Waals surface area (Å²) in [4.78, 5) is 12.0. The molecule has 0 amide bonds. The van der Waals surface area contributed by atoms with Crippen LogP contribution in [-0.2, 0) is 9.84 Å². The highest BCUT2D eigenvalue weighted by Gasteiger charge is 2.12. The molecule has 0 aliphatic rings. The van der Waals surface area contributed by atoms with Crippen LogP contribution in [-0.4, -0.2) is 32.8 Å². The minimum Gasteiger partial charge on any atom is -0.397 e. The van der Waals surface area contributed by atoms with Crippen LogP contribution in [0.5, 0.6) is 0 Å². The highest BCUT2D eigenvalue weighted by Crippen LogP contribution is 2.29. The molecule has 5 nitrogen and oxygen atoms in total. The Kier molecular flexibility index (Phi) is 4.53. The number of hydrogen-bond donors (Lipinski definition) is 2. The average molecular weight is 276 g/mol. The van der Waals surface area contributed by atoms with Gasteiger partial charge in [0.15, 0.2) is 5.78 Å². The van der Waals surface area contributed by atoms with Crippen molar-refractivity contribution in [3.8, 4) is 0 Å².